The monoisotopic (exact) mass is 426 g/mol. The number of ether oxygens (including phenoxy) is 2. The fourth-order valence-electron chi connectivity index (χ4n) is 2.76. The second-order valence-corrected chi connectivity index (χ2v) is 6.75. The van der Waals surface area contributed by atoms with Crippen LogP contribution in [0.15, 0.2) is 60.7 Å². The molecule has 0 aromatic heterocycles. The van der Waals surface area contributed by atoms with Crippen LogP contribution in [0.4, 0.5) is 4.79 Å². The van der Waals surface area contributed by atoms with Crippen molar-refractivity contribution >= 4 is 23.9 Å². The summed E-state index contributed by atoms with van der Waals surface area (Å²) in [7, 11) is 0. The van der Waals surface area contributed by atoms with Gasteiger partial charge in [0.1, 0.15) is 6.61 Å². The van der Waals surface area contributed by atoms with E-state index in [1.54, 1.807) is 24.3 Å². The highest BCUT2D eigenvalue weighted by atomic mass is 16.7. The van der Waals surface area contributed by atoms with E-state index in [1.165, 1.54) is 0 Å². The minimum Gasteiger partial charge on any atom is -0.445 e. The van der Waals surface area contributed by atoms with E-state index in [-0.39, 0.29) is 32.7 Å². The van der Waals surface area contributed by atoms with Gasteiger partial charge in [0.05, 0.1) is 13.2 Å². The first kappa shape index (κ1) is 22.0. The summed E-state index contributed by atoms with van der Waals surface area (Å²) in [6.45, 7) is -0.0558. The number of hydroxylamine groups is 2. The Labute approximate surface area is 178 Å². The maximum Gasteiger partial charge on any atom is 0.408 e. The highest BCUT2D eigenvalue weighted by Crippen LogP contribution is 2.13. The number of nitrogens with one attached hydrogen (secondary N) is 1. The van der Waals surface area contributed by atoms with E-state index in [0.29, 0.717) is 5.06 Å². The molecule has 0 aliphatic carbocycles. The third-order valence-corrected chi connectivity index (χ3v) is 4.37. The van der Waals surface area contributed by atoms with Crippen molar-refractivity contribution in [1.82, 2.24) is 10.4 Å². The van der Waals surface area contributed by atoms with Crippen LogP contribution in [0.5, 0.6) is 0 Å². The van der Waals surface area contributed by atoms with Gasteiger partial charge in [-0.2, -0.15) is 0 Å². The number of rotatable bonds is 9. The number of amides is 3. The van der Waals surface area contributed by atoms with Gasteiger partial charge in [-0.15, -0.1) is 5.06 Å². The maximum absolute atomic E-state index is 12.5. The lowest BCUT2D eigenvalue weighted by atomic mass is 10.2. The summed E-state index contributed by atoms with van der Waals surface area (Å²) in [5, 5.41) is 2.79. The van der Waals surface area contributed by atoms with Crippen molar-refractivity contribution in [3.8, 4) is 0 Å². The third kappa shape index (κ3) is 6.65. The Morgan fingerprint density at radius 2 is 1.42 bits per heavy atom. The van der Waals surface area contributed by atoms with Gasteiger partial charge >= 0.3 is 12.1 Å². The minimum absolute atomic E-state index is 0.00239. The lowest BCUT2D eigenvalue weighted by Crippen LogP contribution is -2.48. The van der Waals surface area contributed by atoms with Crippen LogP contribution in [0.3, 0.4) is 0 Å². The van der Waals surface area contributed by atoms with Gasteiger partial charge in [-0.1, -0.05) is 60.7 Å². The van der Waals surface area contributed by atoms with Gasteiger partial charge in [-0.3, -0.25) is 9.59 Å². The summed E-state index contributed by atoms with van der Waals surface area (Å²) < 4.78 is 10.7. The molecule has 9 heteroatoms. The SMILES string of the molecule is O=C(NC(COCc1ccccc1)C(=O)ON1C(=O)CCC1=O)OCc1ccccc1. The zero-order valence-corrected chi connectivity index (χ0v) is 16.7. The second-order valence-electron chi connectivity index (χ2n) is 6.75. The second kappa shape index (κ2) is 10.9. The summed E-state index contributed by atoms with van der Waals surface area (Å²) in [5.41, 5.74) is 1.64. The minimum atomic E-state index is -1.28. The van der Waals surface area contributed by atoms with E-state index < -0.39 is 29.9 Å². The fourth-order valence-corrected chi connectivity index (χ4v) is 2.76. The van der Waals surface area contributed by atoms with Crippen LogP contribution in [0.1, 0.15) is 24.0 Å². The smallest absolute Gasteiger partial charge is 0.408 e. The predicted molar refractivity (Wildman–Crippen MR) is 107 cm³/mol. The van der Waals surface area contributed by atoms with Crippen LogP contribution < -0.4 is 5.32 Å². The van der Waals surface area contributed by atoms with Crippen LogP contribution in [0.2, 0.25) is 0 Å². The molecule has 1 N–H and O–H groups in total. The number of benzene rings is 2. The summed E-state index contributed by atoms with van der Waals surface area (Å²) in [6.07, 6.45) is -0.935. The molecule has 162 valence electrons. The average Bonchev–Trinajstić information content (AvgIpc) is 3.10. The molecular formula is C22H22N2O7. The molecule has 1 fully saturated rings. The number of hydrogen-bond donors (Lipinski definition) is 1. The normalized spacial score (nSPS) is 14.3. The number of carbonyl (C=O) groups is 4. The van der Waals surface area contributed by atoms with Gasteiger partial charge < -0.3 is 19.6 Å². The molecule has 0 radical (unpaired) electrons. The Morgan fingerprint density at radius 1 is 0.871 bits per heavy atom. The van der Waals surface area contributed by atoms with Crippen LogP contribution in [0.25, 0.3) is 0 Å². The Hall–Kier alpha value is -3.72. The van der Waals surface area contributed by atoms with Crippen molar-refractivity contribution in [3.05, 3.63) is 71.8 Å². The molecule has 1 aliphatic heterocycles. The number of carbonyl (C=O) groups excluding carboxylic acids is 4. The van der Waals surface area contributed by atoms with E-state index in [4.69, 9.17) is 14.3 Å². The van der Waals surface area contributed by atoms with E-state index in [2.05, 4.69) is 5.32 Å². The Balaban J connectivity index is 1.58. The first-order chi connectivity index (χ1) is 15.0. The lowest BCUT2D eigenvalue weighted by molar-refractivity contribution is -0.199. The van der Waals surface area contributed by atoms with Crippen molar-refractivity contribution in [2.75, 3.05) is 6.61 Å². The van der Waals surface area contributed by atoms with Crippen molar-refractivity contribution in [2.24, 2.45) is 0 Å². The molecule has 0 saturated carbocycles. The number of imide groups is 1. The molecule has 3 amide bonds. The molecule has 0 spiro atoms. The van der Waals surface area contributed by atoms with Gasteiger partial charge in [0.25, 0.3) is 11.8 Å². The van der Waals surface area contributed by atoms with Crippen LogP contribution in [-0.2, 0) is 41.9 Å². The molecule has 1 heterocycles. The predicted octanol–water partition coefficient (Wildman–Crippen LogP) is 2.11. The van der Waals surface area contributed by atoms with Crippen LogP contribution >= 0.6 is 0 Å². The van der Waals surface area contributed by atoms with E-state index in [1.807, 2.05) is 36.4 Å². The highest BCUT2D eigenvalue weighted by Gasteiger charge is 2.35. The van der Waals surface area contributed by atoms with Gasteiger partial charge in [-0.25, -0.2) is 9.59 Å². The molecule has 2 aromatic carbocycles. The van der Waals surface area contributed by atoms with E-state index in [0.717, 1.165) is 11.1 Å². The van der Waals surface area contributed by atoms with E-state index in [9.17, 15) is 19.2 Å². The highest BCUT2D eigenvalue weighted by molar-refractivity contribution is 6.01. The van der Waals surface area contributed by atoms with Crippen LogP contribution in [0, 0.1) is 0 Å². The van der Waals surface area contributed by atoms with Crippen LogP contribution in [-0.4, -0.2) is 41.6 Å². The molecule has 1 saturated heterocycles. The molecule has 3 rings (SSSR count). The molecule has 1 unspecified atom stereocenters. The third-order valence-electron chi connectivity index (χ3n) is 4.37. The van der Waals surface area contributed by atoms with Crippen molar-refractivity contribution in [3.63, 3.8) is 0 Å². The number of hydrogen-bond acceptors (Lipinski definition) is 7. The zero-order chi connectivity index (χ0) is 22.1. The maximum atomic E-state index is 12.5. The summed E-state index contributed by atoms with van der Waals surface area (Å²) >= 11 is 0. The molecular weight excluding hydrogens is 404 g/mol. The largest absolute Gasteiger partial charge is 0.445 e. The summed E-state index contributed by atoms with van der Waals surface area (Å²) in [5.74, 6) is -2.24. The average molecular weight is 426 g/mol. The molecule has 9 nitrogen and oxygen atoms in total. The standard InChI is InChI=1S/C22H22N2O7/c25-19-11-12-20(26)24(19)31-21(27)18(15-29-13-16-7-3-1-4-8-16)23-22(28)30-14-17-9-5-2-6-10-17/h1-10,18H,11-15H2,(H,23,28). The fraction of sp³-hybridized carbons (Fsp3) is 0.273. The molecule has 1 aliphatic rings. The van der Waals surface area contributed by atoms with Gasteiger partial charge in [-0.05, 0) is 11.1 Å². The quantitative estimate of drug-likeness (QED) is 0.611. The Morgan fingerprint density at radius 3 is 2.00 bits per heavy atom. The lowest BCUT2D eigenvalue weighted by Gasteiger charge is -2.20. The number of nitrogens with zero attached hydrogens (tertiary/aromatic N) is 1. The molecule has 0 bridgehead atoms. The molecule has 31 heavy (non-hydrogen) atoms. The number of alkyl carbamates (subject to hydrolysis) is 1. The Bertz CT molecular complexity index is 902. The summed E-state index contributed by atoms with van der Waals surface area (Å²) in [6, 6.07) is 17.0. The van der Waals surface area contributed by atoms with Crippen molar-refractivity contribution < 1.29 is 33.5 Å². The summed E-state index contributed by atoms with van der Waals surface area (Å²) in [4.78, 5) is 53.0. The topological polar surface area (TPSA) is 111 Å². The zero-order valence-electron chi connectivity index (χ0n) is 16.7. The van der Waals surface area contributed by atoms with Gasteiger partial charge in [0.15, 0.2) is 6.04 Å². The van der Waals surface area contributed by atoms with Gasteiger partial charge in [0, 0.05) is 12.8 Å². The van der Waals surface area contributed by atoms with E-state index >= 15 is 0 Å². The van der Waals surface area contributed by atoms with Crippen molar-refractivity contribution in [2.45, 2.75) is 32.1 Å². The molecule has 2 aromatic rings. The van der Waals surface area contributed by atoms with Gasteiger partial charge in [0.2, 0.25) is 0 Å². The van der Waals surface area contributed by atoms with Crippen molar-refractivity contribution in [1.29, 1.82) is 0 Å². The Kier molecular flexibility index (Phi) is 7.72. The first-order valence-corrected chi connectivity index (χ1v) is 9.69. The molecule has 1 atom stereocenters. The first-order valence-electron chi connectivity index (χ1n) is 9.69.